The third kappa shape index (κ3) is 3.51. The number of carboxylic acids is 1. The Kier molecular flexibility index (Phi) is 4.18. The number of benzene rings is 2. The van der Waals surface area contributed by atoms with Crippen molar-refractivity contribution < 1.29 is 14.6 Å². The van der Waals surface area contributed by atoms with Crippen LogP contribution in [0.2, 0.25) is 5.02 Å². The number of carboxylic acid groups (broad SMARTS) is 1. The third-order valence-electron chi connectivity index (χ3n) is 5.10. The summed E-state index contributed by atoms with van der Waals surface area (Å²) >= 11 is 5.90. The summed E-state index contributed by atoms with van der Waals surface area (Å²) in [6, 6.07) is 14.0. The summed E-state index contributed by atoms with van der Waals surface area (Å²) < 4.78 is 5.92. The van der Waals surface area contributed by atoms with Crippen molar-refractivity contribution in [3.05, 3.63) is 64.2 Å². The lowest BCUT2D eigenvalue weighted by Gasteiger charge is -2.47. The van der Waals surface area contributed by atoms with Crippen molar-refractivity contribution >= 4 is 17.6 Å². The molecule has 2 aromatic rings. The van der Waals surface area contributed by atoms with Gasteiger partial charge in [-0.2, -0.15) is 0 Å². The van der Waals surface area contributed by atoms with Crippen LogP contribution in [0.3, 0.4) is 0 Å². The predicted octanol–water partition coefficient (Wildman–Crippen LogP) is 3.40. The van der Waals surface area contributed by atoms with Gasteiger partial charge in [0.1, 0.15) is 12.4 Å². The molecule has 1 aliphatic carbocycles. The van der Waals surface area contributed by atoms with Crippen molar-refractivity contribution in [2.75, 3.05) is 19.6 Å². The normalized spacial score (nSPS) is 18.0. The van der Waals surface area contributed by atoms with E-state index in [1.54, 1.807) is 0 Å². The van der Waals surface area contributed by atoms with Crippen LogP contribution in [0.4, 0.5) is 0 Å². The predicted molar refractivity (Wildman–Crippen MR) is 96.1 cm³/mol. The lowest BCUT2D eigenvalue weighted by atomic mass is 9.77. The first-order valence-electron chi connectivity index (χ1n) is 8.45. The second-order valence-electron chi connectivity index (χ2n) is 7.24. The summed E-state index contributed by atoms with van der Waals surface area (Å²) in [5.41, 5.74) is 4.02. The van der Waals surface area contributed by atoms with Gasteiger partial charge in [-0.1, -0.05) is 29.8 Å². The van der Waals surface area contributed by atoms with E-state index in [9.17, 15) is 4.79 Å². The van der Waals surface area contributed by atoms with Crippen LogP contribution in [0.1, 0.15) is 16.7 Å². The van der Waals surface area contributed by atoms with Gasteiger partial charge in [0.25, 0.3) is 0 Å². The number of carbonyl (C=O) groups is 1. The standard InChI is InChI=1S/C20H20ClNO3/c21-17-4-1-14(2-5-17)11-25-18-6-3-15-8-20(9-16(15)7-18)12-22(13-20)10-19(23)24/h1-7H,8-13H2,(H,23,24). The first-order valence-corrected chi connectivity index (χ1v) is 8.82. The maximum absolute atomic E-state index is 10.8. The monoisotopic (exact) mass is 357 g/mol. The molecule has 0 unspecified atom stereocenters. The molecule has 0 aromatic heterocycles. The van der Waals surface area contributed by atoms with Gasteiger partial charge in [0.05, 0.1) is 6.54 Å². The van der Waals surface area contributed by atoms with Gasteiger partial charge in [0, 0.05) is 23.5 Å². The summed E-state index contributed by atoms with van der Waals surface area (Å²) in [4.78, 5) is 12.8. The molecule has 2 aliphatic rings. The number of fused-ring (bicyclic) bond motifs is 1. The molecule has 1 fully saturated rings. The molecule has 1 aliphatic heterocycles. The lowest BCUT2D eigenvalue weighted by molar-refractivity contribution is -0.141. The number of rotatable bonds is 5. The van der Waals surface area contributed by atoms with E-state index in [2.05, 4.69) is 12.1 Å². The van der Waals surface area contributed by atoms with E-state index in [4.69, 9.17) is 21.4 Å². The van der Waals surface area contributed by atoms with Crippen LogP contribution in [-0.2, 0) is 24.2 Å². The molecule has 2 aromatic carbocycles. The van der Waals surface area contributed by atoms with Gasteiger partial charge in [-0.3, -0.25) is 9.69 Å². The summed E-state index contributed by atoms with van der Waals surface area (Å²) in [5, 5.41) is 9.62. The molecule has 5 heteroatoms. The first kappa shape index (κ1) is 16.4. The number of ether oxygens (including phenoxy) is 1. The highest BCUT2D eigenvalue weighted by molar-refractivity contribution is 6.30. The molecule has 25 heavy (non-hydrogen) atoms. The van der Waals surface area contributed by atoms with E-state index >= 15 is 0 Å². The van der Waals surface area contributed by atoms with Gasteiger partial charge in [-0.25, -0.2) is 0 Å². The summed E-state index contributed by atoms with van der Waals surface area (Å²) in [5.74, 6) is 0.135. The molecule has 1 spiro atoms. The van der Waals surface area contributed by atoms with E-state index in [1.807, 2.05) is 35.2 Å². The van der Waals surface area contributed by atoms with Crippen LogP contribution in [0.5, 0.6) is 5.75 Å². The summed E-state index contributed by atoms with van der Waals surface area (Å²) in [6.45, 7) is 2.41. The fourth-order valence-electron chi connectivity index (χ4n) is 4.08. The number of hydrogen-bond donors (Lipinski definition) is 1. The van der Waals surface area contributed by atoms with Gasteiger partial charge in [-0.15, -0.1) is 0 Å². The highest BCUT2D eigenvalue weighted by atomic mass is 35.5. The number of nitrogens with zero attached hydrogens (tertiary/aromatic N) is 1. The van der Waals surface area contributed by atoms with Gasteiger partial charge < -0.3 is 9.84 Å². The molecular weight excluding hydrogens is 338 g/mol. The highest BCUT2D eigenvalue weighted by Gasteiger charge is 2.47. The van der Waals surface area contributed by atoms with Crippen molar-refractivity contribution in [3.8, 4) is 5.75 Å². The van der Waals surface area contributed by atoms with Crippen molar-refractivity contribution in [1.29, 1.82) is 0 Å². The largest absolute Gasteiger partial charge is 0.489 e. The van der Waals surface area contributed by atoms with Crippen molar-refractivity contribution in [3.63, 3.8) is 0 Å². The SMILES string of the molecule is O=C(O)CN1CC2(Cc3ccc(OCc4ccc(Cl)cc4)cc3C2)C1. The summed E-state index contributed by atoms with van der Waals surface area (Å²) in [7, 11) is 0. The second-order valence-corrected chi connectivity index (χ2v) is 7.67. The quantitative estimate of drug-likeness (QED) is 0.891. The third-order valence-corrected chi connectivity index (χ3v) is 5.36. The van der Waals surface area contributed by atoms with Crippen LogP contribution >= 0.6 is 11.6 Å². The zero-order valence-electron chi connectivity index (χ0n) is 13.9. The van der Waals surface area contributed by atoms with E-state index < -0.39 is 5.97 Å². The van der Waals surface area contributed by atoms with Gasteiger partial charge in [-0.05, 0) is 53.8 Å². The minimum Gasteiger partial charge on any atom is -0.489 e. The Morgan fingerprint density at radius 2 is 1.84 bits per heavy atom. The maximum atomic E-state index is 10.8. The molecule has 1 heterocycles. The molecule has 0 radical (unpaired) electrons. The molecule has 0 bridgehead atoms. The van der Waals surface area contributed by atoms with Crippen LogP contribution < -0.4 is 4.74 Å². The zero-order valence-corrected chi connectivity index (χ0v) is 14.6. The Labute approximate surface area is 152 Å². The number of halogens is 1. The second kappa shape index (κ2) is 6.36. The Bertz CT molecular complexity index is 797. The highest BCUT2D eigenvalue weighted by Crippen LogP contribution is 2.44. The topological polar surface area (TPSA) is 49.8 Å². The van der Waals surface area contributed by atoms with Crippen LogP contribution in [-0.4, -0.2) is 35.6 Å². The number of aliphatic carboxylic acids is 1. The van der Waals surface area contributed by atoms with E-state index in [0.29, 0.717) is 6.61 Å². The van der Waals surface area contributed by atoms with Crippen molar-refractivity contribution in [2.24, 2.45) is 5.41 Å². The van der Waals surface area contributed by atoms with Crippen LogP contribution in [0.15, 0.2) is 42.5 Å². The molecule has 1 N–H and O–H groups in total. The van der Waals surface area contributed by atoms with E-state index in [1.165, 1.54) is 11.1 Å². The minimum absolute atomic E-state index is 0.146. The Morgan fingerprint density at radius 3 is 2.56 bits per heavy atom. The van der Waals surface area contributed by atoms with E-state index in [-0.39, 0.29) is 12.0 Å². The molecular formula is C20H20ClNO3. The van der Waals surface area contributed by atoms with E-state index in [0.717, 1.165) is 42.3 Å². The van der Waals surface area contributed by atoms with Crippen LogP contribution in [0.25, 0.3) is 0 Å². The Hall–Kier alpha value is -2.04. The Morgan fingerprint density at radius 1 is 1.12 bits per heavy atom. The van der Waals surface area contributed by atoms with Gasteiger partial charge in [0.15, 0.2) is 0 Å². The van der Waals surface area contributed by atoms with Gasteiger partial charge >= 0.3 is 5.97 Å². The fraction of sp³-hybridized carbons (Fsp3) is 0.350. The average Bonchev–Trinajstić information content (AvgIpc) is 2.92. The molecule has 0 saturated carbocycles. The van der Waals surface area contributed by atoms with Crippen LogP contribution in [0, 0.1) is 5.41 Å². The molecule has 4 rings (SSSR count). The molecule has 130 valence electrons. The van der Waals surface area contributed by atoms with Crippen molar-refractivity contribution in [1.82, 2.24) is 4.90 Å². The molecule has 0 atom stereocenters. The maximum Gasteiger partial charge on any atom is 0.317 e. The van der Waals surface area contributed by atoms with Gasteiger partial charge in [0.2, 0.25) is 0 Å². The lowest BCUT2D eigenvalue weighted by Crippen LogP contribution is -2.58. The first-order chi connectivity index (χ1) is 12.0. The zero-order chi connectivity index (χ0) is 17.4. The molecule has 4 nitrogen and oxygen atoms in total. The fourth-order valence-corrected chi connectivity index (χ4v) is 4.20. The molecule has 0 amide bonds. The minimum atomic E-state index is -0.747. The Balaban J connectivity index is 1.37. The smallest absolute Gasteiger partial charge is 0.317 e. The number of hydrogen-bond acceptors (Lipinski definition) is 3. The average molecular weight is 358 g/mol. The summed E-state index contributed by atoms with van der Waals surface area (Å²) in [6.07, 6.45) is 2.05. The molecule has 1 saturated heterocycles. The van der Waals surface area contributed by atoms with Crippen molar-refractivity contribution in [2.45, 2.75) is 19.4 Å². The number of likely N-dealkylation sites (tertiary alicyclic amines) is 1.